The van der Waals surface area contributed by atoms with E-state index in [-0.39, 0.29) is 22.6 Å². The van der Waals surface area contributed by atoms with Gasteiger partial charge in [-0.05, 0) is 36.3 Å². The Balaban J connectivity index is 2.57. The highest BCUT2D eigenvalue weighted by Crippen LogP contribution is 2.47. The first-order chi connectivity index (χ1) is 15.2. The molecule has 7 nitrogen and oxygen atoms in total. The molecule has 1 aliphatic heterocycles. The maximum absolute atomic E-state index is 16.1. The molecule has 1 aliphatic rings. The van der Waals surface area contributed by atoms with Crippen LogP contribution in [0.5, 0.6) is 0 Å². The molecule has 4 atom stereocenters. The van der Waals surface area contributed by atoms with Gasteiger partial charge in [0.1, 0.15) is 11.7 Å². The van der Waals surface area contributed by atoms with Gasteiger partial charge in [0.25, 0.3) is 0 Å². The molecule has 2 N–H and O–H groups in total. The van der Waals surface area contributed by atoms with Crippen LogP contribution in [0.25, 0.3) is 0 Å². The lowest BCUT2D eigenvalue weighted by atomic mass is 9.99. The molecule has 0 amide bonds. The summed E-state index contributed by atoms with van der Waals surface area (Å²) in [5, 5.41) is -0.334. The number of nitrogen functional groups attached to an aromatic ring is 1. The standard InChI is InChI=1S/C22H40ClF2N3O4Si2/c1-20(2,3)33(7,8)30-13-22(12-23)16(32-34(9,10)21(4,5)6)15(25)18(31-22)28-11-14(24)17(26)27-19(28)29/h11,15-16,18H,12-13H2,1-10H3,(H2,26,27,29)/t15-,16?,18+,22+/m0/s1. The van der Waals surface area contributed by atoms with Crippen molar-refractivity contribution in [2.24, 2.45) is 0 Å². The minimum Gasteiger partial charge on any atom is -0.414 e. The maximum atomic E-state index is 16.1. The number of hydrogen-bond donors (Lipinski definition) is 1. The summed E-state index contributed by atoms with van der Waals surface area (Å²) in [5.74, 6) is -1.65. The van der Waals surface area contributed by atoms with E-state index in [0.717, 1.165) is 10.8 Å². The summed E-state index contributed by atoms with van der Waals surface area (Å²) in [4.78, 5) is 15.9. The third-order valence-electron chi connectivity index (χ3n) is 7.58. The van der Waals surface area contributed by atoms with Crippen molar-refractivity contribution >= 4 is 34.1 Å². The Kier molecular flexibility index (Phi) is 8.25. The van der Waals surface area contributed by atoms with Gasteiger partial charge in [0.05, 0.1) is 18.7 Å². The van der Waals surface area contributed by atoms with Crippen molar-refractivity contribution in [3.05, 3.63) is 22.5 Å². The lowest BCUT2D eigenvalue weighted by Crippen LogP contribution is -2.57. The van der Waals surface area contributed by atoms with E-state index >= 15 is 4.39 Å². The highest BCUT2D eigenvalue weighted by atomic mass is 35.5. The molecule has 1 unspecified atom stereocenters. The van der Waals surface area contributed by atoms with Crippen molar-refractivity contribution in [2.45, 2.75) is 102 Å². The minimum atomic E-state index is -2.51. The van der Waals surface area contributed by atoms with Gasteiger partial charge in [-0.25, -0.2) is 13.6 Å². The molecule has 196 valence electrons. The van der Waals surface area contributed by atoms with Crippen molar-refractivity contribution < 1.29 is 22.4 Å². The number of rotatable bonds is 7. The number of halogens is 3. The van der Waals surface area contributed by atoms with Crippen LogP contribution in [-0.2, 0) is 13.6 Å². The van der Waals surface area contributed by atoms with Crippen LogP contribution in [0.2, 0.25) is 36.3 Å². The third kappa shape index (κ3) is 5.59. The van der Waals surface area contributed by atoms with Crippen molar-refractivity contribution in [1.29, 1.82) is 0 Å². The molecule has 0 radical (unpaired) electrons. The van der Waals surface area contributed by atoms with Gasteiger partial charge < -0.3 is 19.3 Å². The number of ether oxygens (including phenoxy) is 1. The van der Waals surface area contributed by atoms with E-state index in [1.165, 1.54) is 0 Å². The van der Waals surface area contributed by atoms with Crippen molar-refractivity contribution in [3.8, 4) is 0 Å². The van der Waals surface area contributed by atoms with E-state index < -0.39 is 58.1 Å². The van der Waals surface area contributed by atoms with Crippen LogP contribution in [0, 0.1) is 5.82 Å². The molecule has 1 aromatic rings. The van der Waals surface area contributed by atoms with Crippen LogP contribution in [0.3, 0.4) is 0 Å². The fraction of sp³-hybridized carbons (Fsp3) is 0.818. The zero-order valence-electron chi connectivity index (χ0n) is 22.0. The summed E-state index contributed by atoms with van der Waals surface area (Å²) in [6.07, 6.45) is -3.64. The molecular weight excluding hydrogens is 500 g/mol. The minimum absolute atomic E-state index is 0.0250. The molecule has 0 aliphatic carbocycles. The Morgan fingerprint density at radius 3 is 2.18 bits per heavy atom. The second-order valence-electron chi connectivity index (χ2n) is 12.2. The van der Waals surface area contributed by atoms with E-state index in [0.29, 0.717) is 0 Å². The molecule has 1 saturated heterocycles. The van der Waals surface area contributed by atoms with E-state index in [2.05, 4.69) is 38.8 Å². The van der Waals surface area contributed by atoms with Crippen molar-refractivity contribution in [3.63, 3.8) is 0 Å². The average Bonchev–Trinajstić information content (AvgIpc) is 2.94. The van der Waals surface area contributed by atoms with Gasteiger partial charge in [0, 0.05) is 0 Å². The fourth-order valence-electron chi connectivity index (χ4n) is 3.11. The molecule has 2 rings (SSSR count). The van der Waals surface area contributed by atoms with Gasteiger partial charge >= 0.3 is 5.69 Å². The molecular formula is C22H40ClF2N3O4Si2. The number of aromatic nitrogens is 2. The van der Waals surface area contributed by atoms with Crippen molar-refractivity contribution in [2.75, 3.05) is 18.2 Å². The average molecular weight is 540 g/mol. The van der Waals surface area contributed by atoms with E-state index in [9.17, 15) is 9.18 Å². The number of hydrogen-bond acceptors (Lipinski definition) is 6. The van der Waals surface area contributed by atoms with Gasteiger partial charge in [0.2, 0.25) is 0 Å². The Labute approximate surface area is 208 Å². The van der Waals surface area contributed by atoms with Gasteiger partial charge in [-0.15, -0.1) is 11.6 Å². The van der Waals surface area contributed by atoms with Crippen LogP contribution in [-0.4, -0.2) is 56.5 Å². The van der Waals surface area contributed by atoms with Crippen LogP contribution in [0.4, 0.5) is 14.6 Å². The second-order valence-corrected chi connectivity index (χ2v) is 22.0. The zero-order valence-corrected chi connectivity index (χ0v) is 24.7. The summed E-state index contributed by atoms with van der Waals surface area (Å²) in [7, 11) is -4.79. The van der Waals surface area contributed by atoms with E-state index in [4.69, 9.17) is 30.9 Å². The van der Waals surface area contributed by atoms with Crippen LogP contribution in [0.1, 0.15) is 47.8 Å². The zero-order chi connectivity index (χ0) is 26.5. The summed E-state index contributed by atoms with van der Waals surface area (Å²) in [6.45, 7) is 20.5. The molecule has 2 heterocycles. The highest BCUT2D eigenvalue weighted by molar-refractivity contribution is 6.74. The first kappa shape index (κ1) is 29.4. The summed E-state index contributed by atoms with van der Waals surface area (Å²) >= 11 is 6.44. The first-order valence-electron chi connectivity index (χ1n) is 11.4. The lowest BCUT2D eigenvalue weighted by Gasteiger charge is -2.44. The molecule has 0 bridgehead atoms. The number of nitrogens with two attached hydrogens (primary N) is 1. The molecule has 0 aromatic carbocycles. The molecule has 1 aromatic heterocycles. The van der Waals surface area contributed by atoms with Gasteiger partial charge in [0.15, 0.2) is 40.7 Å². The topological polar surface area (TPSA) is 88.6 Å². The quantitative estimate of drug-likeness (QED) is 0.377. The number of alkyl halides is 2. The molecule has 0 spiro atoms. The second kappa shape index (κ2) is 9.55. The smallest absolute Gasteiger partial charge is 0.351 e. The van der Waals surface area contributed by atoms with Gasteiger partial charge in [-0.2, -0.15) is 4.98 Å². The van der Waals surface area contributed by atoms with Crippen molar-refractivity contribution in [1.82, 2.24) is 9.55 Å². The van der Waals surface area contributed by atoms with E-state index in [1.807, 2.05) is 33.9 Å². The maximum Gasteiger partial charge on any atom is 0.351 e. The van der Waals surface area contributed by atoms with Gasteiger partial charge in [-0.3, -0.25) is 4.57 Å². The van der Waals surface area contributed by atoms with E-state index in [1.54, 1.807) is 0 Å². The molecule has 34 heavy (non-hydrogen) atoms. The van der Waals surface area contributed by atoms with Gasteiger partial charge in [-0.1, -0.05) is 41.5 Å². The first-order valence-corrected chi connectivity index (χ1v) is 17.8. The normalized spacial score (nSPS) is 26.8. The number of anilines is 1. The molecule has 12 heteroatoms. The molecule has 1 fully saturated rings. The largest absolute Gasteiger partial charge is 0.414 e. The summed E-state index contributed by atoms with van der Waals surface area (Å²) in [6, 6.07) is 0. The Bertz CT molecular complexity index is 950. The van der Waals surface area contributed by atoms with Crippen LogP contribution < -0.4 is 11.4 Å². The summed E-state index contributed by atoms with van der Waals surface area (Å²) < 4.78 is 50.2. The Morgan fingerprint density at radius 1 is 1.18 bits per heavy atom. The van der Waals surface area contributed by atoms with Crippen LogP contribution >= 0.6 is 11.6 Å². The fourth-order valence-corrected chi connectivity index (χ4v) is 5.77. The van der Waals surface area contributed by atoms with Crippen LogP contribution in [0.15, 0.2) is 11.0 Å². The third-order valence-corrected chi connectivity index (χ3v) is 17.0. The SMILES string of the molecule is CC(C)(C)[Si](C)(C)OC[C@@]1(CCl)O[C@@H](n2cc(F)c(N)nc2=O)[C@@H](F)C1O[Si](C)(C)C(C)(C)C. The Morgan fingerprint density at radius 2 is 1.71 bits per heavy atom. The highest BCUT2D eigenvalue weighted by Gasteiger charge is 2.60. The number of nitrogens with zero attached hydrogens (tertiary/aromatic N) is 2. The predicted molar refractivity (Wildman–Crippen MR) is 137 cm³/mol. The molecule has 0 saturated carbocycles. The predicted octanol–water partition coefficient (Wildman–Crippen LogP) is 5.22. The lowest BCUT2D eigenvalue weighted by molar-refractivity contribution is -0.110. The Hall–Kier alpha value is -0.856. The summed E-state index contributed by atoms with van der Waals surface area (Å²) in [5.41, 5.74) is 3.09. The monoisotopic (exact) mass is 539 g/mol.